The summed E-state index contributed by atoms with van der Waals surface area (Å²) in [6.07, 6.45) is 2.37. The predicted molar refractivity (Wildman–Crippen MR) is 78.0 cm³/mol. The van der Waals surface area contributed by atoms with Gasteiger partial charge in [0.15, 0.2) is 17.5 Å². The molecule has 0 N–H and O–H groups in total. The molecule has 1 saturated heterocycles. The lowest BCUT2D eigenvalue weighted by Gasteiger charge is -2.33. The molecule has 0 aliphatic carbocycles. The Morgan fingerprint density at radius 1 is 1.35 bits per heavy atom. The minimum Gasteiger partial charge on any atom is -0.337 e. The van der Waals surface area contributed by atoms with Crippen LogP contribution < -0.4 is 0 Å². The molecule has 23 heavy (non-hydrogen) atoms. The fraction of sp³-hybridized carbons (Fsp3) is 0.400. The van der Waals surface area contributed by atoms with Crippen molar-refractivity contribution in [3.05, 3.63) is 46.1 Å². The summed E-state index contributed by atoms with van der Waals surface area (Å²) in [6, 6.07) is 1.24. The number of nitrogens with zero attached hydrogens (tertiary/aromatic N) is 3. The number of likely N-dealkylation sites (tertiary alicyclic amines) is 1. The zero-order valence-corrected chi connectivity index (χ0v) is 13.1. The molecule has 8 heteroatoms. The second kappa shape index (κ2) is 6.23. The molecule has 1 aliphatic heterocycles. The van der Waals surface area contributed by atoms with Gasteiger partial charge in [-0.15, -0.1) is 0 Å². The lowest BCUT2D eigenvalue weighted by atomic mass is 10.0. The van der Waals surface area contributed by atoms with Crippen molar-refractivity contribution in [2.45, 2.75) is 32.2 Å². The van der Waals surface area contributed by atoms with E-state index in [2.05, 4.69) is 10.1 Å². The van der Waals surface area contributed by atoms with Crippen LogP contribution in [0.3, 0.4) is 0 Å². The minimum atomic E-state index is -1.11. The van der Waals surface area contributed by atoms with Crippen molar-refractivity contribution in [2.24, 2.45) is 0 Å². The Balaban J connectivity index is 1.94. The Hall–Kier alpha value is -2.02. The van der Waals surface area contributed by atoms with Crippen LogP contribution in [0.1, 0.15) is 47.4 Å². The van der Waals surface area contributed by atoms with Crippen molar-refractivity contribution in [1.82, 2.24) is 15.0 Å². The van der Waals surface area contributed by atoms with Crippen LogP contribution in [0.15, 0.2) is 16.7 Å². The summed E-state index contributed by atoms with van der Waals surface area (Å²) in [4.78, 5) is 18.4. The SMILES string of the molecule is Cc1noc(C2CCCCN2C(=O)c2cc(F)c(F)cc2Cl)n1. The summed E-state index contributed by atoms with van der Waals surface area (Å²) in [6.45, 7) is 2.15. The van der Waals surface area contributed by atoms with Gasteiger partial charge in [-0.2, -0.15) is 4.98 Å². The Kier molecular flexibility index (Phi) is 4.30. The van der Waals surface area contributed by atoms with E-state index in [1.54, 1.807) is 6.92 Å². The van der Waals surface area contributed by atoms with Crippen molar-refractivity contribution in [2.75, 3.05) is 6.54 Å². The third kappa shape index (κ3) is 3.06. The van der Waals surface area contributed by atoms with Crippen LogP contribution in [0.4, 0.5) is 8.78 Å². The van der Waals surface area contributed by atoms with E-state index in [0.29, 0.717) is 24.7 Å². The molecular weight excluding hydrogens is 328 g/mol. The lowest BCUT2D eigenvalue weighted by Crippen LogP contribution is -2.38. The van der Waals surface area contributed by atoms with E-state index in [1.165, 1.54) is 4.90 Å². The van der Waals surface area contributed by atoms with E-state index in [1.807, 2.05) is 0 Å². The monoisotopic (exact) mass is 341 g/mol. The normalized spacial score (nSPS) is 18.3. The van der Waals surface area contributed by atoms with Gasteiger partial charge in [-0.05, 0) is 38.3 Å². The number of aromatic nitrogens is 2. The first kappa shape index (κ1) is 15.9. The number of hydrogen-bond donors (Lipinski definition) is 0. The van der Waals surface area contributed by atoms with E-state index in [-0.39, 0.29) is 16.6 Å². The Labute approximate surface area is 136 Å². The average molecular weight is 342 g/mol. The van der Waals surface area contributed by atoms with Crippen LogP contribution in [0.5, 0.6) is 0 Å². The summed E-state index contributed by atoms with van der Waals surface area (Å²) in [5, 5.41) is 3.62. The molecule has 2 aromatic rings. The highest BCUT2D eigenvalue weighted by Gasteiger charge is 2.33. The summed E-state index contributed by atoms with van der Waals surface area (Å²) < 4.78 is 31.8. The van der Waals surface area contributed by atoms with Gasteiger partial charge in [0, 0.05) is 6.54 Å². The number of rotatable bonds is 2. The number of amides is 1. The fourth-order valence-corrected chi connectivity index (χ4v) is 2.95. The van der Waals surface area contributed by atoms with E-state index in [4.69, 9.17) is 16.1 Å². The van der Waals surface area contributed by atoms with Crippen LogP contribution in [0, 0.1) is 18.6 Å². The smallest absolute Gasteiger partial charge is 0.256 e. The summed E-state index contributed by atoms with van der Waals surface area (Å²) in [7, 11) is 0. The van der Waals surface area contributed by atoms with Gasteiger partial charge in [-0.1, -0.05) is 16.8 Å². The molecule has 0 spiro atoms. The number of carbonyl (C=O) groups excluding carboxylic acids is 1. The maximum absolute atomic E-state index is 13.5. The highest BCUT2D eigenvalue weighted by atomic mass is 35.5. The molecule has 3 rings (SSSR count). The Bertz CT molecular complexity index is 750. The van der Waals surface area contributed by atoms with Gasteiger partial charge in [0.05, 0.1) is 10.6 Å². The Morgan fingerprint density at radius 3 is 2.78 bits per heavy atom. The van der Waals surface area contributed by atoms with Gasteiger partial charge in [-0.3, -0.25) is 4.79 Å². The first-order valence-electron chi connectivity index (χ1n) is 7.23. The van der Waals surface area contributed by atoms with E-state index in [9.17, 15) is 13.6 Å². The van der Waals surface area contributed by atoms with E-state index >= 15 is 0 Å². The molecule has 1 aromatic heterocycles. The van der Waals surface area contributed by atoms with E-state index in [0.717, 1.165) is 25.0 Å². The second-order valence-electron chi connectivity index (χ2n) is 5.44. The molecule has 0 radical (unpaired) electrons. The standard InChI is InChI=1S/C15H14ClF2N3O2/c1-8-19-14(23-20-8)13-4-2-3-5-21(13)15(22)9-6-11(17)12(18)7-10(9)16/h6-7,13H,2-5H2,1H3. The van der Waals surface area contributed by atoms with Gasteiger partial charge in [-0.25, -0.2) is 8.78 Å². The number of benzene rings is 1. The quantitative estimate of drug-likeness (QED) is 0.782. The van der Waals surface area contributed by atoms with Crippen molar-refractivity contribution in [3.63, 3.8) is 0 Å². The molecule has 0 saturated carbocycles. The maximum atomic E-state index is 13.5. The van der Waals surface area contributed by atoms with Crippen LogP contribution in [-0.2, 0) is 0 Å². The summed E-state index contributed by atoms with van der Waals surface area (Å²) in [5.41, 5.74) is -0.0753. The first-order chi connectivity index (χ1) is 11.0. The number of carbonyl (C=O) groups is 1. The molecule has 1 fully saturated rings. The highest BCUT2D eigenvalue weighted by molar-refractivity contribution is 6.33. The van der Waals surface area contributed by atoms with Crippen molar-refractivity contribution < 1.29 is 18.1 Å². The van der Waals surface area contributed by atoms with Gasteiger partial charge in [0.1, 0.15) is 6.04 Å². The van der Waals surface area contributed by atoms with Crippen molar-refractivity contribution in [1.29, 1.82) is 0 Å². The largest absolute Gasteiger partial charge is 0.337 e. The molecule has 1 unspecified atom stereocenters. The van der Waals surface area contributed by atoms with Crippen molar-refractivity contribution >= 4 is 17.5 Å². The van der Waals surface area contributed by atoms with Crippen LogP contribution in [-0.4, -0.2) is 27.5 Å². The second-order valence-corrected chi connectivity index (χ2v) is 5.84. The van der Waals surface area contributed by atoms with Gasteiger partial charge in [0.25, 0.3) is 5.91 Å². The zero-order valence-electron chi connectivity index (χ0n) is 12.4. The topological polar surface area (TPSA) is 59.2 Å². The first-order valence-corrected chi connectivity index (χ1v) is 7.61. The molecule has 1 aliphatic rings. The number of halogens is 3. The number of aryl methyl sites for hydroxylation is 1. The van der Waals surface area contributed by atoms with Crippen LogP contribution >= 0.6 is 11.6 Å². The van der Waals surface area contributed by atoms with Crippen LogP contribution in [0.2, 0.25) is 5.02 Å². The molecule has 2 heterocycles. The highest BCUT2D eigenvalue weighted by Crippen LogP contribution is 2.32. The third-order valence-corrected chi connectivity index (χ3v) is 4.15. The molecule has 5 nitrogen and oxygen atoms in total. The van der Waals surface area contributed by atoms with Crippen LogP contribution in [0.25, 0.3) is 0 Å². The number of hydrogen-bond acceptors (Lipinski definition) is 4. The molecule has 122 valence electrons. The molecule has 1 aromatic carbocycles. The molecule has 1 atom stereocenters. The molecule has 0 bridgehead atoms. The lowest BCUT2D eigenvalue weighted by molar-refractivity contribution is 0.0561. The summed E-state index contributed by atoms with van der Waals surface area (Å²) in [5.74, 6) is -1.86. The minimum absolute atomic E-state index is 0.0753. The zero-order chi connectivity index (χ0) is 16.6. The molecular formula is C15H14ClF2N3O2. The number of piperidine rings is 1. The maximum Gasteiger partial charge on any atom is 0.256 e. The van der Waals surface area contributed by atoms with Gasteiger partial charge >= 0.3 is 0 Å². The summed E-state index contributed by atoms with van der Waals surface area (Å²) >= 11 is 5.91. The van der Waals surface area contributed by atoms with Gasteiger partial charge < -0.3 is 9.42 Å². The van der Waals surface area contributed by atoms with E-state index < -0.39 is 17.5 Å². The average Bonchev–Trinajstić information content (AvgIpc) is 2.96. The van der Waals surface area contributed by atoms with Crippen molar-refractivity contribution in [3.8, 4) is 0 Å². The fourth-order valence-electron chi connectivity index (χ4n) is 2.72. The Morgan fingerprint density at radius 2 is 2.09 bits per heavy atom. The molecule has 1 amide bonds. The predicted octanol–water partition coefficient (Wildman–Crippen LogP) is 3.68. The third-order valence-electron chi connectivity index (χ3n) is 3.83. The van der Waals surface area contributed by atoms with Gasteiger partial charge in [0.2, 0.25) is 5.89 Å².